The Kier molecular flexibility index (Phi) is 2.35. The molecule has 0 saturated heterocycles. The number of aryl methyl sites for hydroxylation is 1. The molecule has 0 bridgehead atoms. The molecule has 0 saturated carbocycles. The van der Waals surface area contributed by atoms with Crippen LogP contribution in [0.1, 0.15) is 11.1 Å². The summed E-state index contributed by atoms with van der Waals surface area (Å²) in [6.07, 6.45) is 4.05. The first-order valence-electron chi connectivity index (χ1n) is 5.72. The van der Waals surface area contributed by atoms with E-state index < -0.39 is 0 Å². The van der Waals surface area contributed by atoms with E-state index in [4.69, 9.17) is 5.26 Å². The maximum Gasteiger partial charge on any atom is 0.137 e. The van der Waals surface area contributed by atoms with E-state index >= 15 is 0 Å². The van der Waals surface area contributed by atoms with Gasteiger partial charge in [-0.1, -0.05) is 18.2 Å². The second-order valence-electron chi connectivity index (χ2n) is 4.29. The summed E-state index contributed by atoms with van der Waals surface area (Å²) in [7, 11) is 0. The van der Waals surface area contributed by atoms with Gasteiger partial charge in [0.15, 0.2) is 0 Å². The molecule has 0 atom stereocenters. The summed E-state index contributed by atoms with van der Waals surface area (Å²) in [5.41, 5.74) is 4.74. The maximum absolute atomic E-state index is 8.77. The molecule has 3 aromatic rings. The van der Waals surface area contributed by atoms with Crippen molar-refractivity contribution in [1.29, 1.82) is 5.26 Å². The van der Waals surface area contributed by atoms with Gasteiger partial charge in [-0.3, -0.25) is 0 Å². The van der Waals surface area contributed by atoms with Crippen molar-refractivity contribution >= 4 is 5.65 Å². The molecule has 0 aliphatic carbocycles. The van der Waals surface area contributed by atoms with Crippen LogP contribution in [0, 0.1) is 18.3 Å². The molecular weight excluding hydrogens is 222 g/mol. The van der Waals surface area contributed by atoms with E-state index in [1.807, 2.05) is 47.0 Å². The highest BCUT2D eigenvalue weighted by atomic mass is 15.0. The van der Waals surface area contributed by atoms with E-state index in [9.17, 15) is 0 Å². The van der Waals surface area contributed by atoms with E-state index in [1.165, 1.54) is 5.56 Å². The van der Waals surface area contributed by atoms with Gasteiger partial charge in [0.05, 0.1) is 17.3 Å². The third-order valence-electron chi connectivity index (χ3n) is 2.91. The molecule has 3 nitrogen and oxygen atoms in total. The third kappa shape index (κ3) is 1.74. The second-order valence-corrected chi connectivity index (χ2v) is 4.29. The highest BCUT2D eigenvalue weighted by Crippen LogP contribution is 2.19. The van der Waals surface area contributed by atoms with Crippen LogP contribution in [0.4, 0.5) is 0 Å². The lowest BCUT2D eigenvalue weighted by Gasteiger charge is -1.95. The van der Waals surface area contributed by atoms with E-state index in [0.717, 1.165) is 16.9 Å². The van der Waals surface area contributed by atoms with Crippen LogP contribution < -0.4 is 0 Å². The Bertz CT molecular complexity index is 745. The van der Waals surface area contributed by atoms with Gasteiger partial charge in [0, 0.05) is 18.0 Å². The average Bonchev–Trinajstić information content (AvgIpc) is 2.81. The van der Waals surface area contributed by atoms with E-state index in [2.05, 4.69) is 24.2 Å². The van der Waals surface area contributed by atoms with Crippen molar-refractivity contribution in [1.82, 2.24) is 9.38 Å². The molecule has 0 aliphatic heterocycles. The van der Waals surface area contributed by atoms with Crippen LogP contribution in [0.2, 0.25) is 0 Å². The van der Waals surface area contributed by atoms with E-state index in [0.29, 0.717) is 5.56 Å². The summed E-state index contributed by atoms with van der Waals surface area (Å²) in [5, 5.41) is 8.77. The Morgan fingerprint density at radius 2 is 1.83 bits per heavy atom. The SMILES string of the molecule is Cc1ccc2nc(-c3ccc(C#N)cc3)cn2c1. The minimum absolute atomic E-state index is 0.665. The van der Waals surface area contributed by atoms with Gasteiger partial charge in [0.2, 0.25) is 0 Å². The first kappa shape index (κ1) is 10.5. The Balaban J connectivity index is 2.10. The third-order valence-corrected chi connectivity index (χ3v) is 2.91. The lowest BCUT2D eigenvalue weighted by atomic mass is 10.1. The van der Waals surface area contributed by atoms with E-state index in [-0.39, 0.29) is 0 Å². The zero-order valence-corrected chi connectivity index (χ0v) is 9.96. The largest absolute Gasteiger partial charge is 0.306 e. The maximum atomic E-state index is 8.77. The molecule has 1 aromatic carbocycles. The number of hydrogen-bond donors (Lipinski definition) is 0. The Morgan fingerprint density at radius 1 is 1.06 bits per heavy atom. The van der Waals surface area contributed by atoms with Gasteiger partial charge in [0.25, 0.3) is 0 Å². The number of fused-ring (bicyclic) bond motifs is 1. The zero-order valence-electron chi connectivity index (χ0n) is 9.96. The van der Waals surface area contributed by atoms with Crippen LogP contribution in [0.5, 0.6) is 0 Å². The molecule has 2 heterocycles. The van der Waals surface area contributed by atoms with Crippen LogP contribution in [-0.2, 0) is 0 Å². The average molecular weight is 233 g/mol. The fourth-order valence-electron chi connectivity index (χ4n) is 1.96. The zero-order chi connectivity index (χ0) is 12.5. The minimum atomic E-state index is 0.665. The summed E-state index contributed by atoms with van der Waals surface area (Å²) in [6, 6.07) is 13.6. The highest BCUT2D eigenvalue weighted by molar-refractivity contribution is 5.63. The summed E-state index contributed by atoms with van der Waals surface area (Å²) in [6.45, 7) is 2.06. The lowest BCUT2D eigenvalue weighted by molar-refractivity contribution is 1.16. The normalized spacial score (nSPS) is 10.4. The first-order chi connectivity index (χ1) is 8.76. The quantitative estimate of drug-likeness (QED) is 0.647. The van der Waals surface area contributed by atoms with Crippen LogP contribution >= 0.6 is 0 Å². The predicted octanol–water partition coefficient (Wildman–Crippen LogP) is 3.18. The number of pyridine rings is 1. The van der Waals surface area contributed by atoms with Crippen molar-refractivity contribution in [2.24, 2.45) is 0 Å². The Labute approximate surface area is 105 Å². The first-order valence-corrected chi connectivity index (χ1v) is 5.72. The predicted molar refractivity (Wildman–Crippen MR) is 70.1 cm³/mol. The highest BCUT2D eigenvalue weighted by Gasteiger charge is 2.04. The number of nitrogens with zero attached hydrogens (tertiary/aromatic N) is 3. The molecule has 0 spiro atoms. The minimum Gasteiger partial charge on any atom is -0.306 e. The van der Waals surface area contributed by atoms with Gasteiger partial charge in [-0.25, -0.2) is 4.98 Å². The number of imidazole rings is 1. The van der Waals surface area contributed by atoms with Crippen molar-refractivity contribution < 1.29 is 0 Å². The number of nitriles is 1. The number of benzene rings is 1. The molecule has 0 unspecified atom stereocenters. The lowest BCUT2D eigenvalue weighted by Crippen LogP contribution is -1.82. The van der Waals surface area contributed by atoms with Gasteiger partial charge in [-0.2, -0.15) is 5.26 Å². The van der Waals surface area contributed by atoms with Crippen LogP contribution in [-0.4, -0.2) is 9.38 Å². The molecule has 18 heavy (non-hydrogen) atoms. The van der Waals surface area contributed by atoms with Crippen LogP contribution in [0.3, 0.4) is 0 Å². The van der Waals surface area contributed by atoms with Gasteiger partial charge in [-0.15, -0.1) is 0 Å². The molecule has 0 radical (unpaired) electrons. The van der Waals surface area contributed by atoms with Crippen molar-refractivity contribution in [2.45, 2.75) is 6.92 Å². The Morgan fingerprint density at radius 3 is 2.56 bits per heavy atom. The van der Waals surface area contributed by atoms with Crippen molar-refractivity contribution in [3.05, 3.63) is 59.9 Å². The van der Waals surface area contributed by atoms with Crippen LogP contribution in [0.25, 0.3) is 16.9 Å². The standard InChI is InChI=1S/C15H11N3/c1-11-2-7-15-17-14(10-18(15)9-11)13-5-3-12(8-16)4-6-13/h2-7,9-10H,1H3. The molecule has 0 fully saturated rings. The number of rotatable bonds is 1. The molecule has 3 rings (SSSR count). The summed E-state index contributed by atoms with van der Waals surface area (Å²) >= 11 is 0. The fraction of sp³-hybridized carbons (Fsp3) is 0.0667. The molecule has 86 valence electrons. The van der Waals surface area contributed by atoms with Crippen molar-refractivity contribution in [3.63, 3.8) is 0 Å². The molecule has 0 N–H and O–H groups in total. The molecule has 2 aromatic heterocycles. The van der Waals surface area contributed by atoms with Gasteiger partial charge in [0.1, 0.15) is 5.65 Å². The van der Waals surface area contributed by atoms with Gasteiger partial charge >= 0.3 is 0 Å². The molecule has 0 aliphatic rings. The summed E-state index contributed by atoms with van der Waals surface area (Å²) < 4.78 is 2.02. The molecule has 3 heteroatoms. The second kappa shape index (κ2) is 4.01. The molecule has 0 amide bonds. The van der Waals surface area contributed by atoms with Gasteiger partial charge < -0.3 is 4.40 Å². The van der Waals surface area contributed by atoms with Gasteiger partial charge in [-0.05, 0) is 30.7 Å². The monoisotopic (exact) mass is 233 g/mol. The smallest absolute Gasteiger partial charge is 0.137 e. The molecular formula is C15H11N3. The van der Waals surface area contributed by atoms with E-state index in [1.54, 1.807) is 0 Å². The van der Waals surface area contributed by atoms with Crippen molar-refractivity contribution in [2.75, 3.05) is 0 Å². The topological polar surface area (TPSA) is 41.1 Å². The fourth-order valence-corrected chi connectivity index (χ4v) is 1.96. The van der Waals surface area contributed by atoms with Crippen LogP contribution in [0.15, 0.2) is 48.8 Å². The van der Waals surface area contributed by atoms with Crippen molar-refractivity contribution in [3.8, 4) is 17.3 Å². The number of hydrogen-bond acceptors (Lipinski definition) is 2. The summed E-state index contributed by atoms with van der Waals surface area (Å²) in [5.74, 6) is 0. The summed E-state index contributed by atoms with van der Waals surface area (Å²) in [4.78, 5) is 4.56. The Hall–Kier alpha value is -2.60. The number of aromatic nitrogens is 2.